The van der Waals surface area contributed by atoms with Crippen LogP contribution in [0.4, 0.5) is 0 Å². The largest absolute Gasteiger partial charge is 0.330 e. The average Bonchev–Trinajstić information content (AvgIpc) is 1.14. The summed E-state index contributed by atoms with van der Waals surface area (Å²) in [6.07, 6.45) is 25.2. The number of nitrogens with zero attached hydrogens (tertiary/aromatic N) is 14. The molecular formula is C77H186N30. The molecule has 30 nitrogen and oxygen atoms in total. The first-order valence-corrected chi connectivity index (χ1v) is 43.8. The van der Waals surface area contributed by atoms with Crippen LogP contribution in [0.3, 0.4) is 0 Å². The van der Waals surface area contributed by atoms with Crippen molar-refractivity contribution < 1.29 is 0 Å². The van der Waals surface area contributed by atoms with E-state index in [-0.39, 0.29) is 0 Å². The third-order valence-corrected chi connectivity index (χ3v) is 21.1. The van der Waals surface area contributed by atoms with Gasteiger partial charge in [-0.05, 0) is 403 Å². The van der Waals surface area contributed by atoms with Crippen molar-refractivity contribution in [2.75, 3.05) is 347 Å². The van der Waals surface area contributed by atoms with Crippen LogP contribution in [0.25, 0.3) is 0 Å². The molecule has 0 unspecified atom stereocenters. The standard InChI is InChI=1S/C77H186N30/c78-25-1-36-94(37-2-26-79)47-12-50-99(63-20-68-103(73-89)42-7-31-84)59-16-55-97(56-17-60-100(64-21-69-104(74-90)43-8-32-85)51-13-48-95(38-3-27-80)39-4-28-81)53-15-54-98(58-19-62-102(66-23-71-106(76-92)45-10-34-87)67-24-72-107(77-93)46-11-35-88)57-18-61-101(65-22-70-105(75-91)44-9-33-86)52-14-49-96(40-5-29-82)41-6-30-83/h1-93H2. The van der Waals surface area contributed by atoms with Crippen molar-refractivity contribution in [3.63, 3.8) is 0 Å². The molecule has 0 saturated heterocycles. The minimum atomic E-state index is 0.559. The van der Waals surface area contributed by atoms with Gasteiger partial charge in [0.05, 0.1) is 0 Å². The molecule has 107 heavy (non-hydrogen) atoms. The predicted octanol–water partition coefficient (Wildman–Crippen LogP) is -2.30. The van der Waals surface area contributed by atoms with Gasteiger partial charge in [-0.2, -0.15) is 0 Å². The van der Waals surface area contributed by atoms with Crippen LogP contribution in [0.5, 0.6) is 0 Å². The highest BCUT2D eigenvalue weighted by Crippen LogP contribution is 2.12. The molecule has 0 aromatic heterocycles. The number of hydrogen-bond acceptors (Lipinski definition) is 30. The van der Waals surface area contributed by atoms with Gasteiger partial charge in [0.1, 0.15) is 0 Å². The molecule has 0 bridgehead atoms. The maximum Gasteiger partial charge on any atom is 0.0455 e. The lowest BCUT2D eigenvalue weighted by Gasteiger charge is -2.31. The summed E-state index contributed by atoms with van der Waals surface area (Å²) in [6, 6.07) is 0. The zero-order valence-corrected chi connectivity index (χ0v) is 69.9. The second-order valence-electron chi connectivity index (χ2n) is 30.2. The Balaban J connectivity index is 7.51. The van der Waals surface area contributed by atoms with E-state index in [9.17, 15) is 0 Å². The van der Waals surface area contributed by atoms with E-state index in [0.717, 1.165) is 396 Å². The summed E-state index contributed by atoms with van der Waals surface area (Å²) in [5, 5.41) is 0. The quantitative estimate of drug-likeness (QED) is 0.0285. The lowest BCUT2D eigenvalue weighted by Crippen LogP contribution is -2.39. The third-order valence-electron chi connectivity index (χ3n) is 21.1. The number of rotatable bonds is 90. The molecule has 0 amide bonds. The van der Waals surface area contributed by atoms with Crippen LogP contribution >= 0.6 is 0 Å². The number of hydrogen-bond donors (Lipinski definition) is 16. The lowest BCUT2D eigenvalue weighted by atomic mass is 10.2. The van der Waals surface area contributed by atoms with E-state index in [1.54, 1.807) is 0 Å². The first-order valence-electron chi connectivity index (χ1n) is 43.8. The zero-order valence-electron chi connectivity index (χ0n) is 69.9. The molecule has 0 aliphatic carbocycles. The molecule has 0 fully saturated rings. The van der Waals surface area contributed by atoms with Crippen molar-refractivity contribution in [1.29, 1.82) is 0 Å². The monoisotopic (exact) mass is 1530 g/mol. The summed E-state index contributed by atoms with van der Waals surface area (Å²) in [7, 11) is 0. The Labute approximate surface area is 659 Å². The molecule has 0 aliphatic rings. The highest BCUT2D eigenvalue weighted by Gasteiger charge is 2.19. The Hall–Kier alpha value is -1.20. The molecule has 32 N–H and O–H groups in total. The van der Waals surface area contributed by atoms with E-state index >= 15 is 0 Å². The molecule has 0 aromatic carbocycles. The zero-order chi connectivity index (χ0) is 78.5. The third kappa shape index (κ3) is 64.7. The molecule has 0 heterocycles. The second kappa shape index (κ2) is 81.4. The highest BCUT2D eigenvalue weighted by atomic mass is 15.2. The van der Waals surface area contributed by atoms with Gasteiger partial charge in [-0.25, -0.2) is 0 Å². The molecule has 0 aromatic rings. The van der Waals surface area contributed by atoms with E-state index in [4.69, 9.17) is 91.7 Å². The summed E-state index contributed by atoms with van der Waals surface area (Å²) < 4.78 is 0. The van der Waals surface area contributed by atoms with Crippen molar-refractivity contribution in [3.8, 4) is 0 Å². The van der Waals surface area contributed by atoms with Crippen LogP contribution in [0.1, 0.15) is 154 Å². The minimum absolute atomic E-state index is 0.559. The Morgan fingerprint density at radius 1 is 0.0841 bits per heavy atom. The van der Waals surface area contributed by atoms with E-state index in [1.165, 1.54) is 0 Å². The average molecular weight is 1530 g/mol. The van der Waals surface area contributed by atoms with Crippen molar-refractivity contribution in [2.45, 2.75) is 154 Å². The molecule has 0 aliphatic heterocycles. The summed E-state index contributed by atoms with van der Waals surface area (Å²) in [5.74, 6) is 0. The van der Waals surface area contributed by atoms with Gasteiger partial charge in [0.15, 0.2) is 0 Å². The van der Waals surface area contributed by atoms with Crippen LogP contribution in [-0.4, -0.2) is 416 Å². The lowest BCUT2D eigenvalue weighted by molar-refractivity contribution is 0.168. The van der Waals surface area contributed by atoms with Gasteiger partial charge in [-0.3, -0.25) is 24.5 Å². The fourth-order valence-electron chi connectivity index (χ4n) is 14.7. The first kappa shape index (κ1) is 106. The van der Waals surface area contributed by atoms with Gasteiger partial charge < -0.3 is 136 Å². The van der Waals surface area contributed by atoms with Gasteiger partial charge >= 0.3 is 0 Å². The maximum absolute atomic E-state index is 6.30. The molecule has 644 valence electrons. The molecular weight excluding hydrogens is 1350 g/mol. The van der Waals surface area contributed by atoms with Crippen LogP contribution in [0.2, 0.25) is 0 Å². The molecule has 0 radical (unpaired) electrons. The fourth-order valence-corrected chi connectivity index (χ4v) is 14.7. The molecule has 0 rings (SSSR count). The van der Waals surface area contributed by atoms with E-state index in [1.807, 2.05) is 0 Å². The molecule has 0 saturated carbocycles. The summed E-state index contributed by atoms with van der Waals surface area (Å²) >= 11 is 0. The van der Waals surface area contributed by atoms with Gasteiger partial charge in [-0.15, -0.1) is 0 Å². The molecule has 0 spiro atoms. The Bertz CT molecular complexity index is 1630. The first-order chi connectivity index (χ1) is 52.5. The maximum atomic E-state index is 6.30. The molecule has 0 atom stereocenters. The SMILES string of the molecule is NCCCN(CN)CCCN(CCCN(CN)CCCN)CCCN(CCCN(CCCN(CN)CCCN)CCCN(CCCN)CCCN)CCCN(CCCN(CCCN(CN)CCCN)CCCN(CCCN)CCCN)CCCN(CCCN(CN)CCCN)CCCN(CCCN)CCCN. The Kier molecular flexibility index (Phi) is 80.5. The van der Waals surface area contributed by atoms with E-state index in [2.05, 4.69) is 68.6 Å². The summed E-state index contributed by atoms with van der Waals surface area (Å²) in [4.78, 5) is 36.2. The van der Waals surface area contributed by atoms with Crippen molar-refractivity contribution in [3.05, 3.63) is 0 Å². The summed E-state index contributed by atoms with van der Waals surface area (Å²) in [6.45, 7) is 48.6. The van der Waals surface area contributed by atoms with Crippen LogP contribution in [0, 0.1) is 0 Å². The van der Waals surface area contributed by atoms with Crippen LogP contribution in [0.15, 0.2) is 0 Å². The smallest absolute Gasteiger partial charge is 0.0455 e. The minimum Gasteiger partial charge on any atom is -0.330 e. The Morgan fingerprint density at radius 2 is 0.150 bits per heavy atom. The van der Waals surface area contributed by atoms with Crippen LogP contribution in [-0.2, 0) is 0 Å². The summed E-state index contributed by atoms with van der Waals surface area (Å²) in [5.41, 5.74) is 97.5. The Morgan fingerprint density at radius 3 is 0.224 bits per heavy atom. The van der Waals surface area contributed by atoms with Gasteiger partial charge in [0.2, 0.25) is 0 Å². The normalized spacial score (nSPS) is 12.6. The second-order valence-corrected chi connectivity index (χ2v) is 30.2. The topological polar surface area (TPSA) is 462 Å². The van der Waals surface area contributed by atoms with E-state index < -0.39 is 0 Å². The van der Waals surface area contributed by atoms with Crippen LogP contribution < -0.4 is 91.7 Å². The van der Waals surface area contributed by atoms with Crippen molar-refractivity contribution in [1.82, 2.24) is 68.6 Å². The van der Waals surface area contributed by atoms with Gasteiger partial charge in [0, 0.05) is 98.8 Å². The van der Waals surface area contributed by atoms with E-state index in [0.29, 0.717) is 105 Å². The number of nitrogens with two attached hydrogens (primary N) is 16. The highest BCUT2D eigenvalue weighted by molar-refractivity contribution is 4.75. The molecule has 30 heteroatoms. The van der Waals surface area contributed by atoms with Crippen molar-refractivity contribution in [2.24, 2.45) is 91.7 Å². The van der Waals surface area contributed by atoms with Crippen molar-refractivity contribution >= 4 is 0 Å². The van der Waals surface area contributed by atoms with Gasteiger partial charge in [-0.1, -0.05) is 0 Å². The van der Waals surface area contributed by atoms with Gasteiger partial charge in [0.25, 0.3) is 0 Å². The predicted molar refractivity (Wildman–Crippen MR) is 462 cm³/mol. The fraction of sp³-hybridized carbons (Fsp3) is 1.00.